The minimum Gasteiger partial charge on any atom is -0.374 e. The molecule has 0 aromatic carbocycles. The first-order valence-corrected chi connectivity index (χ1v) is 9.60. The first kappa shape index (κ1) is 21.8. The van der Waals surface area contributed by atoms with Crippen molar-refractivity contribution in [2.45, 2.75) is 90.1 Å². The van der Waals surface area contributed by atoms with E-state index in [-0.39, 0.29) is 24.2 Å². The molecule has 0 aromatic rings. The molecule has 0 saturated heterocycles. The quantitative estimate of drug-likeness (QED) is 0.533. The molecule has 0 bridgehead atoms. The van der Waals surface area contributed by atoms with Crippen molar-refractivity contribution in [3.05, 3.63) is 0 Å². The molecular weight excluding hydrogens is 358 g/mol. The second kappa shape index (κ2) is 7.17. The average molecular weight is 388 g/mol. The standard InChI is InChI=1S/C19H30F6O/c1-12-6-4-10-16(3)14(12)8-9-15(16)13(2)7-5-11-17(26,18(20,21)22)19(23,24)25/h12-15,26H,4-11H2,1-3H3/t12-,13?,14?,15+,16-/m0/s1. The minimum atomic E-state index is -5.71. The summed E-state index contributed by atoms with van der Waals surface area (Å²) in [5.74, 6) is 1.62. The Bertz CT molecular complexity index is 471. The molecule has 26 heavy (non-hydrogen) atoms. The van der Waals surface area contributed by atoms with Gasteiger partial charge in [0.1, 0.15) is 0 Å². The van der Waals surface area contributed by atoms with E-state index < -0.39 is 24.4 Å². The molecule has 0 amide bonds. The fourth-order valence-electron chi connectivity index (χ4n) is 5.86. The van der Waals surface area contributed by atoms with Gasteiger partial charge in [0, 0.05) is 0 Å². The molecule has 1 nitrogen and oxygen atoms in total. The Labute approximate surface area is 151 Å². The Kier molecular flexibility index (Phi) is 6.02. The Morgan fingerprint density at radius 1 is 1.04 bits per heavy atom. The number of aliphatic hydroxyl groups is 1. The highest BCUT2D eigenvalue weighted by molar-refractivity contribution is 5.01. The van der Waals surface area contributed by atoms with Gasteiger partial charge in [-0.15, -0.1) is 0 Å². The maximum Gasteiger partial charge on any atom is 0.426 e. The summed E-state index contributed by atoms with van der Waals surface area (Å²) in [6.07, 6.45) is -7.24. The lowest BCUT2D eigenvalue weighted by molar-refractivity contribution is -0.370. The highest BCUT2D eigenvalue weighted by Crippen LogP contribution is 2.60. The van der Waals surface area contributed by atoms with Crippen LogP contribution in [0.5, 0.6) is 0 Å². The molecular formula is C19H30F6O. The van der Waals surface area contributed by atoms with Crippen molar-refractivity contribution in [2.75, 3.05) is 0 Å². The van der Waals surface area contributed by atoms with E-state index in [1.165, 1.54) is 6.42 Å². The molecule has 0 spiro atoms. The van der Waals surface area contributed by atoms with Gasteiger partial charge >= 0.3 is 12.4 Å². The van der Waals surface area contributed by atoms with Crippen molar-refractivity contribution in [3.8, 4) is 0 Å². The van der Waals surface area contributed by atoms with E-state index in [1.807, 2.05) is 6.92 Å². The zero-order valence-corrected chi connectivity index (χ0v) is 15.7. The van der Waals surface area contributed by atoms with Crippen molar-refractivity contribution < 1.29 is 31.4 Å². The van der Waals surface area contributed by atoms with Crippen molar-refractivity contribution in [3.63, 3.8) is 0 Å². The van der Waals surface area contributed by atoms with Gasteiger partial charge in [-0.1, -0.05) is 40.0 Å². The number of rotatable bonds is 5. The Hall–Kier alpha value is -0.460. The number of hydrogen-bond acceptors (Lipinski definition) is 1. The van der Waals surface area contributed by atoms with Crippen molar-refractivity contribution in [2.24, 2.45) is 29.1 Å². The van der Waals surface area contributed by atoms with E-state index >= 15 is 0 Å². The molecule has 5 atom stereocenters. The Morgan fingerprint density at radius 3 is 2.15 bits per heavy atom. The summed E-state index contributed by atoms with van der Waals surface area (Å²) in [6.45, 7) is 6.45. The van der Waals surface area contributed by atoms with Crippen molar-refractivity contribution in [1.29, 1.82) is 0 Å². The Morgan fingerprint density at radius 2 is 1.62 bits per heavy atom. The van der Waals surface area contributed by atoms with Gasteiger partial charge in [0.15, 0.2) is 0 Å². The van der Waals surface area contributed by atoms with Crippen LogP contribution in [0.25, 0.3) is 0 Å². The predicted octanol–water partition coefficient (Wildman–Crippen LogP) is 6.50. The summed E-state index contributed by atoms with van der Waals surface area (Å²) in [5.41, 5.74) is -4.47. The van der Waals surface area contributed by atoms with E-state index in [4.69, 9.17) is 0 Å². The number of alkyl halides is 6. The first-order chi connectivity index (χ1) is 11.7. The lowest BCUT2D eigenvalue weighted by atomic mass is 9.59. The third kappa shape index (κ3) is 3.74. The van der Waals surface area contributed by atoms with E-state index in [0.717, 1.165) is 25.7 Å². The molecule has 2 saturated carbocycles. The summed E-state index contributed by atoms with van der Waals surface area (Å²) >= 11 is 0. The highest BCUT2D eigenvalue weighted by Gasteiger charge is 2.69. The zero-order chi connectivity index (χ0) is 20.0. The van der Waals surface area contributed by atoms with Gasteiger partial charge < -0.3 is 5.11 Å². The second-order valence-electron chi connectivity index (χ2n) is 8.89. The van der Waals surface area contributed by atoms with Gasteiger partial charge in [-0.2, -0.15) is 26.3 Å². The van der Waals surface area contributed by atoms with Gasteiger partial charge in [0.25, 0.3) is 5.60 Å². The van der Waals surface area contributed by atoms with Crippen LogP contribution < -0.4 is 0 Å². The fourth-order valence-corrected chi connectivity index (χ4v) is 5.86. The molecule has 1 N–H and O–H groups in total. The highest BCUT2D eigenvalue weighted by atomic mass is 19.4. The van der Waals surface area contributed by atoms with Crippen LogP contribution in [0.4, 0.5) is 26.3 Å². The normalized spacial score (nSPS) is 34.6. The summed E-state index contributed by atoms with van der Waals surface area (Å²) in [7, 11) is 0. The van der Waals surface area contributed by atoms with Crippen molar-refractivity contribution >= 4 is 0 Å². The Balaban J connectivity index is 1.99. The van der Waals surface area contributed by atoms with Crippen LogP contribution in [0.1, 0.15) is 72.1 Å². The third-order valence-corrected chi connectivity index (χ3v) is 7.37. The lowest BCUT2D eigenvalue weighted by Crippen LogP contribution is -2.56. The van der Waals surface area contributed by atoms with Gasteiger partial charge in [-0.3, -0.25) is 0 Å². The third-order valence-electron chi connectivity index (χ3n) is 7.37. The first-order valence-electron chi connectivity index (χ1n) is 9.60. The van der Waals surface area contributed by atoms with Crippen LogP contribution in [0, 0.1) is 29.1 Å². The van der Waals surface area contributed by atoms with Crippen LogP contribution >= 0.6 is 0 Å². The summed E-state index contributed by atoms with van der Waals surface area (Å²) < 4.78 is 76.7. The molecule has 2 rings (SSSR count). The zero-order valence-electron chi connectivity index (χ0n) is 15.7. The smallest absolute Gasteiger partial charge is 0.374 e. The average Bonchev–Trinajstić information content (AvgIpc) is 2.83. The maximum atomic E-state index is 12.8. The molecule has 0 aliphatic heterocycles. The van der Waals surface area contributed by atoms with Crippen molar-refractivity contribution in [1.82, 2.24) is 0 Å². The molecule has 0 radical (unpaired) electrons. The lowest BCUT2D eigenvalue weighted by Gasteiger charge is -2.46. The predicted molar refractivity (Wildman–Crippen MR) is 87.4 cm³/mol. The molecule has 2 unspecified atom stereocenters. The monoisotopic (exact) mass is 388 g/mol. The molecule has 7 heteroatoms. The number of fused-ring (bicyclic) bond motifs is 1. The molecule has 2 aliphatic carbocycles. The fraction of sp³-hybridized carbons (Fsp3) is 1.00. The van der Waals surface area contributed by atoms with E-state index in [9.17, 15) is 31.4 Å². The van der Waals surface area contributed by atoms with Gasteiger partial charge in [0.2, 0.25) is 0 Å². The molecule has 2 aliphatic rings. The topological polar surface area (TPSA) is 20.2 Å². The van der Waals surface area contributed by atoms with E-state index in [1.54, 1.807) is 0 Å². The largest absolute Gasteiger partial charge is 0.426 e. The van der Waals surface area contributed by atoms with Crippen LogP contribution in [-0.4, -0.2) is 23.1 Å². The van der Waals surface area contributed by atoms with E-state index in [2.05, 4.69) is 13.8 Å². The van der Waals surface area contributed by atoms with Gasteiger partial charge in [-0.25, -0.2) is 0 Å². The maximum absolute atomic E-state index is 12.8. The second-order valence-corrected chi connectivity index (χ2v) is 8.89. The number of halogens is 6. The van der Waals surface area contributed by atoms with Crippen LogP contribution in [-0.2, 0) is 0 Å². The van der Waals surface area contributed by atoms with Crippen LogP contribution in [0.15, 0.2) is 0 Å². The van der Waals surface area contributed by atoms with Gasteiger partial charge in [0.05, 0.1) is 0 Å². The van der Waals surface area contributed by atoms with Crippen LogP contribution in [0.2, 0.25) is 0 Å². The summed E-state index contributed by atoms with van der Waals surface area (Å²) in [6, 6.07) is 0. The minimum absolute atomic E-state index is 0.0565. The molecule has 0 heterocycles. The van der Waals surface area contributed by atoms with E-state index in [0.29, 0.717) is 17.8 Å². The van der Waals surface area contributed by atoms with Gasteiger partial charge in [-0.05, 0) is 61.2 Å². The van der Waals surface area contributed by atoms with Crippen LogP contribution in [0.3, 0.4) is 0 Å². The summed E-state index contributed by atoms with van der Waals surface area (Å²) in [4.78, 5) is 0. The molecule has 2 fully saturated rings. The molecule has 154 valence electrons. The SMILES string of the molecule is CC(CCCC(O)(C(F)(F)F)C(F)(F)F)[C@H]1CCC2[C@@H](C)CCC[C@@]21C. The number of hydrogen-bond donors (Lipinski definition) is 1. The molecule has 0 aromatic heterocycles. The summed E-state index contributed by atoms with van der Waals surface area (Å²) in [5, 5.41) is 9.29.